The number of hydrogen-bond donors (Lipinski definition) is 2. The lowest BCUT2D eigenvalue weighted by atomic mass is 9.96. The third kappa shape index (κ3) is 9.34. The average molecular weight is 461 g/mol. The zero-order chi connectivity index (χ0) is 20.0. The molecule has 24 heavy (non-hydrogen) atoms. The Kier molecular flexibility index (Phi) is 10.3. The lowest BCUT2D eigenvalue weighted by Gasteiger charge is -2.32. The highest BCUT2D eigenvalue weighted by atomic mass is 79.9. The second kappa shape index (κ2) is 9.50. The molecule has 0 bridgehead atoms. The molecule has 0 aromatic heterocycles. The minimum absolute atomic E-state index is 0.0773. The molecule has 0 spiro atoms. The van der Waals surface area contributed by atoms with Gasteiger partial charge in [-0.25, -0.2) is 13.2 Å². The summed E-state index contributed by atoms with van der Waals surface area (Å²) in [6.07, 6.45) is -13.3. The van der Waals surface area contributed by atoms with Gasteiger partial charge in [0.25, 0.3) is 16.5 Å². The molecule has 5 nitrogen and oxygen atoms in total. The van der Waals surface area contributed by atoms with Gasteiger partial charge in [-0.2, -0.15) is 26.0 Å². The van der Waals surface area contributed by atoms with Crippen LogP contribution in [0.5, 0.6) is 0 Å². The van der Waals surface area contributed by atoms with Gasteiger partial charge in [-0.1, -0.05) is 22.9 Å². The molecule has 2 atom stereocenters. The summed E-state index contributed by atoms with van der Waals surface area (Å²) in [5.74, 6) is -5.68. The fourth-order valence-corrected chi connectivity index (χ4v) is 1.15. The van der Waals surface area contributed by atoms with Gasteiger partial charge in [0.2, 0.25) is 6.17 Å². The summed E-state index contributed by atoms with van der Waals surface area (Å²) in [7, 11) is -3.67. The quantitative estimate of drug-likeness (QED) is 0.330. The SMILES string of the molecule is CC(CO)(CBr)COC(F)(F)C(F)(F)C(F)C(F)F.CS(=O)(=O)O. The molecule has 0 aliphatic heterocycles. The Balaban J connectivity index is 0. The van der Waals surface area contributed by atoms with Crippen molar-refractivity contribution in [3.05, 3.63) is 0 Å². The van der Waals surface area contributed by atoms with Gasteiger partial charge in [0.15, 0.2) is 0 Å². The summed E-state index contributed by atoms with van der Waals surface area (Å²) in [6, 6.07) is 0. The van der Waals surface area contributed by atoms with Crippen LogP contribution in [0.15, 0.2) is 0 Å². The molecule has 148 valence electrons. The van der Waals surface area contributed by atoms with Crippen LogP contribution in [-0.2, 0) is 14.9 Å². The molecule has 0 aliphatic rings. The summed E-state index contributed by atoms with van der Waals surface area (Å²) in [5.41, 5.74) is -1.34. The van der Waals surface area contributed by atoms with Crippen LogP contribution in [0.3, 0.4) is 0 Å². The predicted octanol–water partition coefficient (Wildman–Crippen LogP) is 2.73. The minimum atomic E-state index is -5.68. The molecule has 0 radical (unpaired) electrons. The van der Waals surface area contributed by atoms with Crippen LogP contribution in [0.4, 0.5) is 30.7 Å². The molecule has 0 aromatic carbocycles. The van der Waals surface area contributed by atoms with Crippen molar-refractivity contribution in [3.8, 4) is 0 Å². The van der Waals surface area contributed by atoms with Crippen LogP contribution >= 0.6 is 15.9 Å². The first-order chi connectivity index (χ1) is 10.4. The molecule has 2 N–H and O–H groups in total. The van der Waals surface area contributed by atoms with Crippen molar-refractivity contribution in [1.29, 1.82) is 0 Å². The molecule has 0 saturated heterocycles. The molecule has 0 aromatic rings. The maximum absolute atomic E-state index is 13.0. The van der Waals surface area contributed by atoms with Gasteiger partial charge in [0.1, 0.15) is 0 Å². The van der Waals surface area contributed by atoms with Gasteiger partial charge in [0, 0.05) is 10.7 Å². The molecule has 0 fully saturated rings. The Hall–Kier alpha value is -0.180. The molecule has 2 unspecified atom stereocenters. The van der Waals surface area contributed by atoms with Gasteiger partial charge in [-0.05, 0) is 0 Å². The van der Waals surface area contributed by atoms with E-state index in [1.54, 1.807) is 0 Å². The smallest absolute Gasteiger partial charge is 0.396 e. The lowest BCUT2D eigenvalue weighted by Crippen LogP contribution is -2.53. The number of alkyl halides is 8. The van der Waals surface area contributed by atoms with Crippen LogP contribution in [0.2, 0.25) is 0 Å². The third-order valence-corrected chi connectivity index (χ3v) is 3.62. The minimum Gasteiger partial charge on any atom is -0.396 e. The standard InChI is InChI=1S/C9H12BrF7O2.CH4O3S/c1-7(2-10,3-18)4-19-9(16,17)8(14,15)5(11)6(12)13;1-5(2,3)4/h5-6,18H,2-4H2,1H3;1H3,(H,2,3,4). The van der Waals surface area contributed by atoms with E-state index < -0.39 is 53.4 Å². The number of hydrogen-bond acceptors (Lipinski definition) is 4. The first kappa shape index (κ1) is 26.1. The second-order valence-electron chi connectivity index (χ2n) is 5.00. The van der Waals surface area contributed by atoms with E-state index in [9.17, 15) is 39.2 Å². The van der Waals surface area contributed by atoms with Crippen LogP contribution in [-0.4, -0.2) is 67.5 Å². The average Bonchev–Trinajstić information content (AvgIpc) is 2.41. The van der Waals surface area contributed by atoms with E-state index in [-0.39, 0.29) is 5.33 Å². The Morgan fingerprint density at radius 1 is 1.17 bits per heavy atom. The van der Waals surface area contributed by atoms with E-state index in [1.807, 2.05) is 0 Å². The van der Waals surface area contributed by atoms with Crippen molar-refractivity contribution in [2.75, 3.05) is 24.8 Å². The Morgan fingerprint density at radius 3 is 1.79 bits per heavy atom. The largest absolute Gasteiger partial charge is 0.422 e. The molecule has 14 heteroatoms. The molecule has 0 saturated carbocycles. The van der Waals surface area contributed by atoms with Crippen LogP contribution in [0.1, 0.15) is 6.92 Å². The second-order valence-corrected chi connectivity index (χ2v) is 7.03. The van der Waals surface area contributed by atoms with Crippen LogP contribution in [0.25, 0.3) is 0 Å². The van der Waals surface area contributed by atoms with E-state index >= 15 is 0 Å². The Morgan fingerprint density at radius 2 is 1.54 bits per heavy atom. The maximum atomic E-state index is 13.0. The van der Waals surface area contributed by atoms with Crippen molar-refractivity contribution in [3.63, 3.8) is 0 Å². The molecule has 0 amide bonds. The van der Waals surface area contributed by atoms with Crippen LogP contribution in [0, 0.1) is 5.41 Å². The highest BCUT2D eigenvalue weighted by Crippen LogP contribution is 2.42. The molecule has 0 rings (SSSR count). The van der Waals surface area contributed by atoms with Gasteiger partial charge in [-0.3, -0.25) is 4.55 Å². The van der Waals surface area contributed by atoms with Crippen molar-refractivity contribution in [2.45, 2.75) is 31.6 Å². The van der Waals surface area contributed by atoms with Crippen molar-refractivity contribution < 1.29 is 53.5 Å². The summed E-state index contributed by atoms with van der Waals surface area (Å²) in [4.78, 5) is 0. The lowest BCUT2D eigenvalue weighted by molar-refractivity contribution is -0.374. The zero-order valence-electron chi connectivity index (χ0n) is 12.3. The first-order valence-corrected chi connectivity index (χ1v) is 8.81. The van der Waals surface area contributed by atoms with Crippen molar-refractivity contribution >= 4 is 26.0 Å². The number of aliphatic hydroxyl groups excluding tert-OH is 1. The number of halogens is 8. The molecule has 0 heterocycles. The van der Waals surface area contributed by atoms with Crippen molar-refractivity contribution in [1.82, 2.24) is 0 Å². The van der Waals surface area contributed by atoms with Gasteiger partial charge in [0.05, 0.1) is 19.5 Å². The summed E-state index contributed by atoms with van der Waals surface area (Å²) in [5, 5.41) is 8.77. The summed E-state index contributed by atoms with van der Waals surface area (Å²) >= 11 is 2.84. The Labute approximate surface area is 142 Å². The number of rotatable bonds is 8. The third-order valence-electron chi connectivity index (χ3n) is 2.26. The topological polar surface area (TPSA) is 83.8 Å². The Bertz CT molecular complexity index is 462. The summed E-state index contributed by atoms with van der Waals surface area (Å²) in [6.45, 7) is -0.545. The van der Waals surface area contributed by atoms with E-state index in [0.717, 1.165) is 0 Å². The molecular weight excluding hydrogens is 445 g/mol. The fourth-order valence-electron chi connectivity index (χ4n) is 0.806. The number of ether oxygens (including phenoxy) is 1. The molecular formula is C10H16BrF7O5S. The fraction of sp³-hybridized carbons (Fsp3) is 1.00. The number of aliphatic hydroxyl groups is 1. The highest BCUT2D eigenvalue weighted by Gasteiger charge is 2.66. The van der Waals surface area contributed by atoms with Crippen molar-refractivity contribution in [2.24, 2.45) is 5.41 Å². The van der Waals surface area contributed by atoms with Crippen LogP contribution < -0.4 is 0 Å². The maximum Gasteiger partial charge on any atom is 0.422 e. The highest BCUT2D eigenvalue weighted by molar-refractivity contribution is 9.09. The first-order valence-electron chi connectivity index (χ1n) is 5.84. The zero-order valence-corrected chi connectivity index (χ0v) is 14.7. The predicted molar refractivity (Wildman–Crippen MR) is 73.2 cm³/mol. The van der Waals surface area contributed by atoms with Gasteiger partial charge >= 0.3 is 12.0 Å². The van der Waals surface area contributed by atoms with Gasteiger partial charge in [-0.15, -0.1) is 0 Å². The van der Waals surface area contributed by atoms with E-state index in [2.05, 4.69) is 20.7 Å². The van der Waals surface area contributed by atoms with Gasteiger partial charge < -0.3 is 9.84 Å². The molecule has 0 aliphatic carbocycles. The van der Waals surface area contributed by atoms with E-state index in [1.165, 1.54) is 6.92 Å². The summed E-state index contributed by atoms with van der Waals surface area (Å²) < 4.78 is 117. The van der Waals surface area contributed by atoms with E-state index in [4.69, 9.17) is 9.66 Å². The monoisotopic (exact) mass is 460 g/mol. The van der Waals surface area contributed by atoms with E-state index in [0.29, 0.717) is 6.26 Å². The normalized spacial score (nSPS) is 17.0.